The molecule has 0 amide bonds. The third-order valence-corrected chi connectivity index (χ3v) is 2.69. The van der Waals surface area contributed by atoms with Gasteiger partial charge in [-0.1, -0.05) is 17.7 Å². The first-order chi connectivity index (χ1) is 7.72. The van der Waals surface area contributed by atoms with Crippen molar-refractivity contribution in [2.45, 2.75) is 6.92 Å². The molecule has 1 aromatic heterocycles. The lowest BCUT2D eigenvalue weighted by molar-refractivity contribution is 0.112. The minimum atomic E-state index is 0.567. The van der Waals surface area contributed by atoms with Crippen LogP contribution in [0.5, 0.6) is 0 Å². The van der Waals surface area contributed by atoms with Crippen LogP contribution in [-0.4, -0.2) is 11.3 Å². The molecule has 0 unspecified atom stereocenters. The molecule has 0 spiro atoms. The number of nitrogens with zero attached hydrogens (tertiary/aromatic N) is 1. The molecule has 0 aliphatic heterocycles. The Kier molecular flexibility index (Phi) is 3.02. The van der Waals surface area contributed by atoms with Crippen LogP contribution in [0.15, 0.2) is 36.7 Å². The van der Waals surface area contributed by atoms with Gasteiger partial charge in [0.2, 0.25) is 0 Å². The van der Waals surface area contributed by atoms with Crippen molar-refractivity contribution in [1.82, 2.24) is 4.98 Å². The lowest BCUT2D eigenvalue weighted by atomic mass is 9.98. The Hall–Kier alpha value is -1.67. The lowest BCUT2D eigenvalue weighted by Gasteiger charge is -2.08. The maximum atomic E-state index is 11.0. The van der Waals surface area contributed by atoms with Crippen LogP contribution in [0.4, 0.5) is 0 Å². The highest BCUT2D eigenvalue weighted by Crippen LogP contribution is 2.27. The maximum Gasteiger partial charge on any atom is 0.150 e. The van der Waals surface area contributed by atoms with Crippen LogP contribution in [-0.2, 0) is 0 Å². The van der Waals surface area contributed by atoms with Crippen molar-refractivity contribution in [2.75, 3.05) is 0 Å². The van der Waals surface area contributed by atoms with Crippen LogP contribution in [0.2, 0.25) is 5.02 Å². The molecule has 3 heteroatoms. The van der Waals surface area contributed by atoms with E-state index in [-0.39, 0.29) is 0 Å². The van der Waals surface area contributed by atoms with E-state index < -0.39 is 0 Å². The predicted molar refractivity (Wildman–Crippen MR) is 64.8 cm³/mol. The summed E-state index contributed by atoms with van der Waals surface area (Å²) < 4.78 is 0. The number of hydrogen-bond acceptors (Lipinski definition) is 2. The average molecular weight is 232 g/mol. The van der Waals surface area contributed by atoms with E-state index in [9.17, 15) is 4.79 Å². The molecule has 0 aliphatic carbocycles. The molecule has 0 bridgehead atoms. The van der Waals surface area contributed by atoms with E-state index in [1.807, 2.05) is 19.1 Å². The van der Waals surface area contributed by atoms with E-state index in [4.69, 9.17) is 11.6 Å². The number of pyridine rings is 1. The average Bonchev–Trinajstić information content (AvgIpc) is 2.30. The molecule has 2 nitrogen and oxygen atoms in total. The Morgan fingerprint density at radius 2 is 2.06 bits per heavy atom. The summed E-state index contributed by atoms with van der Waals surface area (Å²) in [5.41, 5.74) is 3.53. The van der Waals surface area contributed by atoms with Gasteiger partial charge in [-0.3, -0.25) is 9.78 Å². The van der Waals surface area contributed by atoms with E-state index in [1.54, 1.807) is 24.5 Å². The zero-order valence-electron chi connectivity index (χ0n) is 8.77. The molecule has 0 aliphatic rings. The second-order valence-electron chi connectivity index (χ2n) is 3.54. The second-order valence-corrected chi connectivity index (χ2v) is 3.98. The van der Waals surface area contributed by atoms with Crippen LogP contribution in [0.1, 0.15) is 15.9 Å². The van der Waals surface area contributed by atoms with Gasteiger partial charge in [0.1, 0.15) is 0 Å². The number of aromatic nitrogens is 1. The van der Waals surface area contributed by atoms with Crippen molar-refractivity contribution in [3.63, 3.8) is 0 Å². The Morgan fingerprint density at radius 3 is 2.75 bits per heavy atom. The predicted octanol–water partition coefficient (Wildman–Crippen LogP) is 3.52. The van der Waals surface area contributed by atoms with E-state index in [2.05, 4.69) is 4.98 Å². The number of hydrogen-bond donors (Lipinski definition) is 0. The summed E-state index contributed by atoms with van der Waals surface area (Å²) in [6, 6.07) is 7.20. The zero-order valence-corrected chi connectivity index (χ0v) is 9.53. The summed E-state index contributed by atoms with van der Waals surface area (Å²) >= 11 is 5.85. The summed E-state index contributed by atoms with van der Waals surface area (Å²) in [5, 5.41) is 0.567. The molecule has 1 heterocycles. The van der Waals surface area contributed by atoms with Crippen molar-refractivity contribution in [3.8, 4) is 11.1 Å². The van der Waals surface area contributed by atoms with Crippen LogP contribution >= 0.6 is 11.6 Å². The fourth-order valence-electron chi connectivity index (χ4n) is 1.65. The normalized spacial score (nSPS) is 10.1. The summed E-state index contributed by atoms with van der Waals surface area (Å²) in [6.45, 7) is 1.96. The van der Waals surface area contributed by atoms with Crippen LogP contribution in [0.25, 0.3) is 11.1 Å². The Balaban J connectivity index is 2.65. The highest BCUT2D eigenvalue weighted by atomic mass is 35.5. The van der Waals surface area contributed by atoms with Crippen LogP contribution in [0, 0.1) is 6.92 Å². The molecule has 0 fully saturated rings. The lowest BCUT2D eigenvalue weighted by Crippen LogP contribution is -1.90. The third kappa shape index (κ3) is 1.97. The van der Waals surface area contributed by atoms with Crippen molar-refractivity contribution in [3.05, 3.63) is 52.8 Å². The summed E-state index contributed by atoms with van der Waals surface area (Å²) in [5.74, 6) is 0. The number of aryl methyl sites for hydroxylation is 1. The molecule has 80 valence electrons. The number of rotatable bonds is 2. The molecule has 0 radical (unpaired) electrons. The van der Waals surface area contributed by atoms with Crippen molar-refractivity contribution in [2.24, 2.45) is 0 Å². The topological polar surface area (TPSA) is 30.0 Å². The van der Waals surface area contributed by atoms with Crippen molar-refractivity contribution in [1.29, 1.82) is 0 Å². The number of carbonyl (C=O) groups is 1. The first-order valence-electron chi connectivity index (χ1n) is 4.88. The molecular weight excluding hydrogens is 222 g/mol. The van der Waals surface area contributed by atoms with Gasteiger partial charge in [0, 0.05) is 23.0 Å². The van der Waals surface area contributed by atoms with Gasteiger partial charge < -0.3 is 0 Å². The van der Waals surface area contributed by atoms with Gasteiger partial charge in [-0.25, -0.2) is 0 Å². The molecule has 0 atom stereocenters. The van der Waals surface area contributed by atoms with Crippen LogP contribution < -0.4 is 0 Å². The molecule has 1 aromatic carbocycles. The Bertz CT molecular complexity index is 537. The third-order valence-electron chi connectivity index (χ3n) is 2.45. The number of benzene rings is 1. The van der Waals surface area contributed by atoms with E-state index in [0.717, 1.165) is 23.0 Å². The molecule has 0 N–H and O–H groups in total. The standard InChI is InChI=1S/C13H10ClNO/c1-9-7-15-5-4-12(9)13-3-2-11(14)6-10(13)8-16/h2-8H,1H3. The summed E-state index contributed by atoms with van der Waals surface area (Å²) in [6.07, 6.45) is 4.31. The van der Waals surface area contributed by atoms with Gasteiger partial charge in [-0.05, 0) is 41.8 Å². The van der Waals surface area contributed by atoms with Gasteiger partial charge in [0.15, 0.2) is 6.29 Å². The van der Waals surface area contributed by atoms with Gasteiger partial charge in [0.25, 0.3) is 0 Å². The van der Waals surface area contributed by atoms with Crippen molar-refractivity contribution >= 4 is 17.9 Å². The number of carbonyl (C=O) groups excluding carboxylic acids is 1. The maximum absolute atomic E-state index is 11.0. The fourth-order valence-corrected chi connectivity index (χ4v) is 1.83. The van der Waals surface area contributed by atoms with Gasteiger partial charge in [-0.15, -0.1) is 0 Å². The van der Waals surface area contributed by atoms with Gasteiger partial charge >= 0.3 is 0 Å². The minimum absolute atomic E-state index is 0.567. The highest BCUT2D eigenvalue weighted by molar-refractivity contribution is 6.31. The first-order valence-corrected chi connectivity index (χ1v) is 5.26. The summed E-state index contributed by atoms with van der Waals surface area (Å²) in [4.78, 5) is 15.0. The van der Waals surface area contributed by atoms with Gasteiger partial charge in [0.05, 0.1) is 0 Å². The second kappa shape index (κ2) is 4.45. The fraction of sp³-hybridized carbons (Fsp3) is 0.0769. The number of halogens is 1. The Labute approximate surface area is 98.9 Å². The summed E-state index contributed by atoms with van der Waals surface area (Å²) in [7, 11) is 0. The molecule has 0 saturated carbocycles. The minimum Gasteiger partial charge on any atom is -0.298 e. The van der Waals surface area contributed by atoms with E-state index >= 15 is 0 Å². The zero-order chi connectivity index (χ0) is 11.5. The van der Waals surface area contributed by atoms with Crippen molar-refractivity contribution < 1.29 is 4.79 Å². The van der Waals surface area contributed by atoms with E-state index in [0.29, 0.717) is 10.6 Å². The Morgan fingerprint density at radius 1 is 1.25 bits per heavy atom. The van der Waals surface area contributed by atoms with Gasteiger partial charge in [-0.2, -0.15) is 0 Å². The molecule has 2 rings (SSSR count). The largest absolute Gasteiger partial charge is 0.298 e. The van der Waals surface area contributed by atoms with E-state index in [1.165, 1.54) is 0 Å². The molecule has 0 saturated heterocycles. The SMILES string of the molecule is Cc1cnccc1-c1ccc(Cl)cc1C=O. The molecule has 2 aromatic rings. The van der Waals surface area contributed by atoms with Crippen LogP contribution in [0.3, 0.4) is 0 Å². The smallest absolute Gasteiger partial charge is 0.150 e. The quantitative estimate of drug-likeness (QED) is 0.741. The monoisotopic (exact) mass is 231 g/mol. The molecule has 16 heavy (non-hydrogen) atoms. The number of aldehydes is 1. The first kappa shape index (κ1) is 10.8. The molecular formula is C13H10ClNO. The highest BCUT2D eigenvalue weighted by Gasteiger charge is 2.07.